The summed E-state index contributed by atoms with van der Waals surface area (Å²) in [5.41, 5.74) is 2.98. The molecule has 6 nitrogen and oxygen atoms in total. The predicted octanol–water partition coefficient (Wildman–Crippen LogP) is 2.25. The Labute approximate surface area is 160 Å². The summed E-state index contributed by atoms with van der Waals surface area (Å²) >= 11 is 0. The van der Waals surface area contributed by atoms with Crippen LogP contribution in [0.3, 0.4) is 0 Å². The van der Waals surface area contributed by atoms with E-state index in [-0.39, 0.29) is 23.8 Å². The van der Waals surface area contributed by atoms with Crippen molar-refractivity contribution in [2.24, 2.45) is 5.92 Å². The molecular weight excluding hydrogens is 340 g/mol. The summed E-state index contributed by atoms with van der Waals surface area (Å²) < 4.78 is 0. The van der Waals surface area contributed by atoms with Crippen LogP contribution in [0, 0.1) is 12.8 Å². The quantitative estimate of drug-likeness (QED) is 0.821. The van der Waals surface area contributed by atoms with E-state index in [0.717, 1.165) is 36.3 Å². The zero-order valence-corrected chi connectivity index (χ0v) is 16.1. The van der Waals surface area contributed by atoms with Gasteiger partial charge in [-0.25, -0.2) is 0 Å². The number of hydrogen-bond donors (Lipinski definition) is 2. The van der Waals surface area contributed by atoms with E-state index in [1.807, 2.05) is 55.1 Å². The Morgan fingerprint density at radius 3 is 2.81 bits per heavy atom. The number of benzene rings is 1. The van der Waals surface area contributed by atoms with Gasteiger partial charge in [-0.1, -0.05) is 30.3 Å². The van der Waals surface area contributed by atoms with Crippen molar-refractivity contribution in [3.63, 3.8) is 0 Å². The molecule has 0 aliphatic carbocycles. The van der Waals surface area contributed by atoms with Gasteiger partial charge in [0.05, 0.1) is 18.0 Å². The Balaban J connectivity index is 1.50. The Morgan fingerprint density at radius 2 is 2.11 bits per heavy atom. The smallest absolute Gasteiger partial charge is 0.227 e. The molecule has 2 heterocycles. The summed E-state index contributed by atoms with van der Waals surface area (Å²) in [7, 11) is 0. The van der Waals surface area contributed by atoms with E-state index in [9.17, 15) is 9.59 Å². The molecule has 0 bridgehead atoms. The molecule has 2 N–H and O–H groups in total. The van der Waals surface area contributed by atoms with Gasteiger partial charge in [-0.2, -0.15) is 5.10 Å². The van der Waals surface area contributed by atoms with Gasteiger partial charge < -0.3 is 10.2 Å². The summed E-state index contributed by atoms with van der Waals surface area (Å²) in [5, 5.41) is 10.2. The van der Waals surface area contributed by atoms with Crippen molar-refractivity contribution < 1.29 is 9.59 Å². The van der Waals surface area contributed by atoms with Crippen LogP contribution in [0.4, 0.5) is 0 Å². The molecule has 0 spiro atoms. The summed E-state index contributed by atoms with van der Waals surface area (Å²) in [6, 6.07) is 11.8. The summed E-state index contributed by atoms with van der Waals surface area (Å²) in [5.74, 6) is -0.00689. The van der Waals surface area contributed by atoms with E-state index in [4.69, 9.17) is 0 Å². The first kappa shape index (κ1) is 19.1. The van der Waals surface area contributed by atoms with Gasteiger partial charge in [0.15, 0.2) is 0 Å². The van der Waals surface area contributed by atoms with Crippen molar-refractivity contribution >= 4 is 11.8 Å². The third-order valence-corrected chi connectivity index (χ3v) is 5.01. The molecule has 2 amide bonds. The number of aromatic nitrogens is 2. The highest BCUT2D eigenvalue weighted by Crippen LogP contribution is 2.18. The maximum atomic E-state index is 12.7. The lowest BCUT2D eigenvalue weighted by Crippen LogP contribution is -2.47. The number of aromatic amines is 1. The van der Waals surface area contributed by atoms with Crippen molar-refractivity contribution in [2.45, 2.75) is 45.6 Å². The number of aryl methyl sites for hydroxylation is 1. The SMILES string of the molecule is Cc1cc(CC(C)NC(=O)C2CCCN(C(=O)Cc3ccccc3)C2)n[nH]1. The normalized spacial score (nSPS) is 18.1. The van der Waals surface area contributed by atoms with Gasteiger partial charge in [-0.05, 0) is 38.3 Å². The molecule has 0 saturated carbocycles. The summed E-state index contributed by atoms with van der Waals surface area (Å²) in [6.45, 7) is 5.19. The number of hydrogen-bond acceptors (Lipinski definition) is 3. The van der Waals surface area contributed by atoms with Crippen LogP contribution < -0.4 is 5.32 Å². The van der Waals surface area contributed by atoms with Gasteiger partial charge in [0.1, 0.15) is 0 Å². The van der Waals surface area contributed by atoms with Gasteiger partial charge in [-0.3, -0.25) is 14.7 Å². The predicted molar refractivity (Wildman–Crippen MR) is 104 cm³/mol. The van der Waals surface area contributed by atoms with E-state index in [2.05, 4.69) is 15.5 Å². The molecule has 1 aromatic carbocycles. The van der Waals surface area contributed by atoms with Crippen LogP contribution in [0.1, 0.15) is 36.7 Å². The highest BCUT2D eigenvalue weighted by molar-refractivity contribution is 5.82. The van der Waals surface area contributed by atoms with Crippen molar-refractivity contribution in [3.8, 4) is 0 Å². The van der Waals surface area contributed by atoms with Crippen LogP contribution in [-0.2, 0) is 22.4 Å². The van der Waals surface area contributed by atoms with Crippen molar-refractivity contribution in [1.29, 1.82) is 0 Å². The van der Waals surface area contributed by atoms with Gasteiger partial charge in [0, 0.05) is 31.2 Å². The highest BCUT2D eigenvalue weighted by atomic mass is 16.2. The fourth-order valence-electron chi connectivity index (χ4n) is 3.60. The van der Waals surface area contributed by atoms with E-state index in [0.29, 0.717) is 19.4 Å². The van der Waals surface area contributed by atoms with Gasteiger partial charge in [-0.15, -0.1) is 0 Å². The van der Waals surface area contributed by atoms with Crippen LogP contribution in [0.25, 0.3) is 0 Å². The van der Waals surface area contributed by atoms with Crippen molar-refractivity contribution in [2.75, 3.05) is 13.1 Å². The molecule has 6 heteroatoms. The minimum Gasteiger partial charge on any atom is -0.353 e. The van der Waals surface area contributed by atoms with Gasteiger partial charge >= 0.3 is 0 Å². The van der Waals surface area contributed by atoms with E-state index in [1.54, 1.807) is 0 Å². The second kappa shape index (κ2) is 8.84. The monoisotopic (exact) mass is 368 g/mol. The Hall–Kier alpha value is -2.63. The molecule has 1 saturated heterocycles. The number of carbonyl (C=O) groups excluding carboxylic acids is 2. The standard InChI is InChI=1S/C21H28N4O2/c1-15(11-19-12-16(2)23-24-19)22-21(27)18-9-6-10-25(14-18)20(26)13-17-7-4-3-5-8-17/h3-5,7-8,12,15,18H,6,9-11,13-14H2,1-2H3,(H,22,27)(H,23,24). The lowest BCUT2D eigenvalue weighted by Gasteiger charge is -2.32. The summed E-state index contributed by atoms with van der Waals surface area (Å²) in [4.78, 5) is 27.1. The second-order valence-electron chi connectivity index (χ2n) is 7.50. The molecule has 144 valence electrons. The van der Waals surface area contributed by atoms with Crippen LogP contribution in [0.15, 0.2) is 36.4 Å². The number of rotatable bonds is 6. The topological polar surface area (TPSA) is 78.1 Å². The van der Waals surface area contributed by atoms with E-state index >= 15 is 0 Å². The molecule has 3 rings (SSSR count). The Morgan fingerprint density at radius 1 is 1.33 bits per heavy atom. The Bertz CT molecular complexity index is 771. The van der Waals surface area contributed by atoms with Crippen LogP contribution in [0.5, 0.6) is 0 Å². The largest absolute Gasteiger partial charge is 0.353 e. The average molecular weight is 368 g/mol. The van der Waals surface area contributed by atoms with Crippen LogP contribution in [0.2, 0.25) is 0 Å². The van der Waals surface area contributed by atoms with Crippen LogP contribution in [-0.4, -0.2) is 46.0 Å². The number of nitrogens with one attached hydrogen (secondary N) is 2. The molecule has 1 aromatic heterocycles. The first-order valence-corrected chi connectivity index (χ1v) is 9.64. The lowest BCUT2D eigenvalue weighted by molar-refractivity contribution is -0.135. The first-order valence-electron chi connectivity index (χ1n) is 9.64. The number of nitrogens with zero attached hydrogens (tertiary/aromatic N) is 2. The summed E-state index contributed by atoms with van der Waals surface area (Å²) in [6.07, 6.45) is 2.78. The third-order valence-electron chi connectivity index (χ3n) is 5.01. The molecule has 0 radical (unpaired) electrons. The molecule has 2 unspecified atom stereocenters. The van der Waals surface area contributed by atoms with Crippen molar-refractivity contribution in [1.82, 2.24) is 20.4 Å². The van der Waals surface area contributed by atoms with E-state index in [1.165, 1.54) is 0 Å². The number of likely N-dealkylation sites (tertiary alicyclic amines) is 1. The molecule has 1 fully saturated rings. The third kappa shape index (κ3) is 5.42. The fourth-order valence-corrected chi connectivity index (χ4v) is 3.60. The molecule has 1 aliphatic rings. The molecule has 2 aromatic rings. The molecule has 27 heavy (non-hydrogen) atoms. The number of carbonyl (C=O) groups is 2. The van der Waals surface area contributed by atoms with Crippen molar-refractivity contribution in [3.05, 3.63) is 53.3 Å². The molecule has 1 aliphatic heterocycles. The second-order valence-corrected chi connectivity index (χ2v) is 7.50. The van der Waals surface area contributed by atoms with Crippen LogP contribution >= 0.6 is 0 Å². The Kier molecular flexibility index (Phi) is 6.27. The van der Waals surface area contributed by atoms with Gasteiger partial charge in [0.25, 0.3) is 0 Å². The minimum absolute atomic E-state index is 0.00981. The molecule has 2 atom stereocenters. The zero-order chi connectivity index (χ0) is 19.2. The highest BCUT2D eigenvalue weighted by Gasteiger charge is 2.29. The maximum Gasteiger partial charge on any atom is 0.227 e. The number of amides is 2. The zero-order valence-electron chi connectivity index (χ0n) is 16.1. The number of H-pyrrole nitrogens is 1. The van der Waals surface area contributed by atoms with Gasteiger partial charge in [0.2, 0.25) is 11.8 Å². The maximum absolute atomic E-state index is 12.7. The number of piperidine rings is 1. The molecular formula is C21H28N4O2. The average Bonchev–Trinajstić information content (AvgIpc) is 3.07. The lowest BCUT2D eigenvalue weighted by atomic mass is 9.96. The minimum atomic E-state index is -0.137. The van der Waals surface area contributed by atoms with E-state index < -0.39 is 0 Å². The fraction of sp³-hybridized carbons (Fsp3) is 0.476. The first-order chi connectivity index (χ1) is 13.0.